The van der Waals surface area contributed by atoms with E-state index in [-0.39, 0.29) is 0 Å². The minimum absolute atomic E-state index is 0.393. The molecule has 0 N–H and O–H groups in total. The molecule has 104 valence electrons. The van der Waals surface area contributed by atoms with Gasteiger partial charge in [0.05, 0.1) is 5.38 Å². The first kappa shape index (κ1) is 16.1. The van der Waals surface area contributed by atoms with Crippen LogP contribution in [-0.4, -0.2) is 18.9 Å². The second-order valence-electron chi connectivity index (χ2n) is 4.48. The van der Waals surface area contributed by atoms with Crippen molar-refractivity contribution in [2.75, 3.05) is 0 Å². The van der Waals surface area contributed by atoms with Crippen molar-refractivity contribution in [3.63, 3.8) is 0 Å². The van der Waals surface area contributed by atoms with Crippen molar-refractivity contribution in [1.82, 2.24) is 0 Å². The van der Waals surface area contributed by atoms with Crippen LogP contribution in [0.2, 0.25) is 0 Å². The molecule has 2 rings (SSSR count). The summed E-state index contributed by atoms with van der Waals surface area (Å²) in [5.74, 6) is 0. The van der Waals surface area contributed by atoms with E-state index >= 15 is 0 Å². The average molecular weight is 379 g/mol. The van der Waals surface area contributed by atoms with Gasteiger partial charge in [0.15, 0.2) is 8.67 Å². The molecule has 1 aromatic carbocycles. The molecule has 0 aliphatic heterocycles. The van der Waals surface area contributed by atoms with E-state index in [9.17, 15) is 0 Å². The number of allylic oxidation sites excluding steroid dienone is 2. The fourth-order valence-electron chi connectivity index (χ4n) is 1.98. The van der Waals surface area contributed by atoms with Crippen LogP contribution in [0.25, 0.3) is 0 Å². The fraction of sp³-hybridized carbons (Fsp3) is 0.385. The first-order valence-corrected chi connectivity index (χ1v) is 7.85. The Morgan fingerprint density at radius 1 is 0.947 bits per heavy atom. The summed E-state index contributed by atoms with van der Waals surface area (Å²) in [4.78, 5) is -1.13. The second kappa shape index (κ2) is 5.48. The molecule has 0 nitrogen and oxygen atoms in total. The van der Waals surface area contributed by atoms with Crippen LogP contribution in [0, 0.1) is 0 Å². The summed E-state index contributed by atoms with van der Waals surface area (Å²) in [5.41, 5.74) is 0.977. The van der Waals surface area contributed by atoms with Gasteiger partial charge in [-0.15, -0.1) is 23.2 Å². The minimum atomic E-state index is -1.62. The van der Waals surface area contributed by atoms with Crippen LogP contribution in [0.4, 0.5) is 0 Å². The number of rotatable bonds is 2. The molecule has 2 unspecified atom stereocenters. The number of benzene rings is 1. The van der Waals surface area contributed by atoms with Crippen molar-refractivity contribution in [2.45, 2.75) is 25.3 Å². The summed E-state index contributed by atoms with van der Waals surface area (Å²) >= 11 is 37.7. The highest BCUT2D eigenvalue weighted by atomic mass is 35.5. The van der Waals surface area contributed by atoms with E-state index in [1.165, 1.54) is 0 Å². The van der Waals surface area contributed by atoms with Gasteiger partial charge in [0.1, 0.15) is 4.87 Å². The van der Waals surface area contributed by atoms with Crippen molar-refractivity contribution < 1.29 is 0 Å². The lowest BCUT2D eigenvalue weighted by Gasteiger charge is -2.47. The summed E-state index contributed by atoms with van der Waals surface area (Å²) in [6.45, 7) is 0. The predicted molar refractivity (Wildman–Crippen MR) is 86.4 cm³/mol. The van der Waals surface area contributed by atoms with E-state index in [4.69, 9.17) is 69.6 Å². The molecule has 0 aromatic heterocycles. The first-order valence-electron chi connectivity index (χ1n) is 5.52. The normalized spacial score (nSPS) is 32.2. The molecule has 1 aromatic rings. The zero-order valence-corrected chi connectivity index (χ0v) is 14.1. The highest BCUT2D eigenvalue weighted by Crippen LogP contribution is 2.59. The topological polar surface area (TPSA) is 0 Å². The third-order valence-electron chi connectivity index (χ3n) is 3.12. The van der Waals surface area contributed by atoms with E-state index < -0.39 is 18.9 Å². The maximum Gasteiger partial charge on any atom is 0.175 e. The molecule has 6 heteroatoms. The van der Waals surface area contributed by atoms with Crippen LogP contribution in [-0.2, 0) is 6.42 Å². The molecule has 1 aliphatic carbocycles. The van der Waals surface area contributed by atoms with Crippen LogP contribution < -0.4 is 0 Å². The van der Waals surface area contributed by atoms with Gasteiger partial charge in [-0.3, -0.25) is 0 Å². The van der Waals surface area contributed by atoms with Gasteiger partial charge in [-0.25, -0.2) is 0 Å². The number of hydrogen-bond donors (Lipinski definition) is 0. The predicted octanol–water partition coefficient (Wildman–Crippen LogP) is 5.73. The molecule has 1 aliphatic rings. The van der Waals surface area contributed by atoms with Crippen LogP contribution in [0.3, 0.4) is 0 Å². The van der Waals surface area contributed by atoms with E-state index in [0.29, 0.717) is 6.42 Å². The monoisotopic (exact) mass is 376 g/mol. The average Bonchev–Trinajstić information content (AvgIpc) is 2.35. The fourth-order valence-corrected chi connectivity index (χ4v) is 3.77. The Bertz CT molecular complexity index is 481. The maximum atomic E-state index is 6.57. The molecular weight excluding hydrogens is 369 g/mol. The van der Waals surface area contributed by atoms with Crippen LogP contribution in [0.15, 0.2) is 42.5 Å². The lowest BCUT2D eigenvalue weighted by molar-refractivity contribution is 0.514. The summed E-state index contributed by atoms with van der Waals surface area (Å²) in [6, 6.07) is 9.59. The van der Waals surface area contributed by atoms with Gasteiger partial charge >= 0.3 is 0 Å². The van der Waals surface area contributed by atoms with Crippen LogP contribution >= 0.6 is 69.6 Å². The number of alkyl halides is 6. The van der Waals surface area contributed by atoms with E-state index in [1.807, 2.05) is 30.3 Å². The van der Waals surface area contributed by atoms with Crippen molar-refractivity contribution in [3.05, 3.63) is 48.0 Å². The summed E-state index contributed by atoms with van der Waals surface area (Å²) in [6.07, 6.45) is 3.69. The van der Waals surface area contributed by atoms with Crippen LogP contribution in [0.1, 0.15) is 5.56 Å². The van der Waals surface area contributed by atoms with Gasteiger partial charge in [-0.1, -0.05) is 88.9 Å². The standard InChI is InChI=1S/C13H10Cl6/c14-10-6-7-11(15,13(18,19)12(10,16)17)8-9-4-2-1-3-5-9/h1-7,10H,8H2. The Balaban J connectivity index is 2.40. The summed E-state index contributed by atoms with van der Waals surface area (Å²) in [5, 5.41) is -0.714. The molecule has 0 saturated carbocycles. The van der Waals surface area contributed by atoms with Gasteiger partial charge in [0.25, 0.3) is 0 Å². The maximum absolute atomic E-state index is 6.57. The number of halogens is 6. The highest BCUT2D eigenvalue weighted by Gasteiger charge is 2.64. The Kier molecular flexibility index (Phi) is 4.64. The third-order valence-corrected chi connectivity index (χ3v) is 7.25. The molecule has 0 bridgehead atoms. The smallest absolute Gasteiger partial charge is 0.115 e. The van der Waals surface area contributed by atoms with Crippen molar-refractivity contribution in [3.8, 4) is 0 Å². The molecule has 0 amide bonds. The van der Waals surface area contributed by atoms with E-state index in [2.05, 4.69) is 0 Å². The van der Waals surface area contributed by atoms with Gasteiger partial charge in [-0.05, 0) is 12.0 Å². The largest absolute Gasteiger partial charge is 0.175 e. The van der Waals surface area contributed by atoms with Gasteiger partial charge in [0, 0.05) is 0 Å². The van der Waals surface area contributed by atoms with Crippen molar-refractivity contribution in [2.24, 2.45) is 0 Å². The van der Waals surface area contributed by atoms with E-state index in [0.717, 1.165) is 5.56 Å². The van der Waals surface area contributed by atoms with Gasteiger partial charge < -0.3 is 0 Å². The van der Waals surface area contributed by atoms with Crippen molar-refractivity contribution in [1.29, 1.82) is 0 Å². The highest BCUT2D eigenvalue weighted by molar-refractivity contribution is 6.67. The minimum Gasteiger partial charge on any atom is -0.115 e. The number of hydrogen-bond acceptors (Lipinski definition) is 0. The zero-order valence-electron chi connectivity index (χ0n) is 9.59. The second-order valence-corrected chi connectivity index (χ2v) is 8.34. The Morgan fingerprint density at radius 2 is 1.53 bits per heavy atom. The van der Waals surface area contributed by atoms with Gasteiger partial charge in [-0.2, -0.15) is 0 Å². The zero-order chi connectivity index (χ0) is 14.3. The molecular formula is C13H10Cl6. The first-order chi connectivity index (χ1) is 8.71. The quantitative estimate of drug-likeness (QED) is 0.455. The van der Waals surface area contributed by atoms with Crippen LogP contribution in [0.5, 0.6) is 0 Å². The Labute approximate surface area is 142 Å². The summed E-state index contributed by atoms with van der Waals surface area (Å²) < 4.78 is -3.20. The molecule has 0 radical (unpaired) electrons. The molecule has 2 atom stereocenters. The molecule has 0 saturated heterocycles. The lowest BCUT2D eigenvalue weighted by Crippen LogP contribution is -2.59. The van der Waals surface area contributed by atoms with E-state index in [1.54, 1.807) is 12.2 Å². The SMILES string of the molecule is ClC1C=CC(Cl)(Cc2ccccc2)C(Cl)(Cl)C1(Cl)Cl. The van der Waals surface area contributed by atoms with Crippen molar-refractivity contribution >= 4 is 69.6 Å². The Hall–Kier alpha value is 0.700. The molecule has 0 heterocycles. The molecule has 0 fully saturated rings. The lowest BCUT2D eigenvalue weighted by atomic mass is 9.87. The molecule has 0 spiro atoms. The third kappa shape index (κ3) is 2.73. The molecule has 19 heavy (non-hydrogen) atoms. The Morgan fingerprint density at radius 3 is 2.11 bits per heavy atom. The van der Waals surface area contributed by atoms with Gasteiger partial charge in [0.2, 0.25) is 0 Å². The summed E-state index contributed by atoms with van der Waals surface area (Å²) in [7, 11) is 0.